The number of rotatable bonds is 5. The minimum absolute atomic E-state index is 0.128. The third-order valence-corrected chi connectivity index (χ3v) is 4.78. The van der Waals surface area contributed by atoms with Gasteiger partial charge >= 0.3 is 0 Å². The number of hydrogen-bond donors (Lipinski definition) is 1. The van der Waals surface area contributed by atoms with Crippen LogP contribution in [0, 0.1) is 0 Å². The van der Waals surface area contributed by atoms with Gasteiger partial charge < -0.3 is 5.32 Å². The van der Waals surface area contributed by atoms with Gasteiger partial charge in [-0.1, -0.05) is 25.1 Å². The maximum atomic E-state index is 12.3. The number of hydrogen-bond acceptors (Lipinski definition) is 4. The molecule has 0 aliphatic carbocycles. The Morgan fingerprint density at radius 1 is 1.37 bits per heavy atom. The van der Waals surface area contributed by atoms with Crippen LogP contribution in [0.1, 0.15) is 18.9 Å². The van der Waals surface area contributed by atoms with E-state index in [-0.39, 0.29) is 5.03 Å². The van der Waals surface area contributed by atoms with Gasteiger partial charge in [0.05, 0.1) is 0 Å². The third kappa shape index (κ3) is 3.40. The molecular weight excluding hydrogens is 262 g/mol. The van der Waals surface area contributed by atoms with Crippen molar-refractivity contribution in [1.29, 1.82) is 0 Å². The van der Waals surface area contributed by atoms with Gasteiger partial charge in [0.15, 0.2) is 5.03 Å². The smallest absolute Gasteiger partial charge is 0.260 e. The molecule has 0 bridgehead atoms. The Morgan fingerprint density at radius 3 is 2.79 bits per heavy atom. The first kappa shape index (κ1) is 14.2. The van der Waals surface area contributed by atoms with Crippen molar-refractivity contribution in [3.63, 3.8) is 0 Å². The molecule has 0 atom stereocenters. The first-order valence-corrected chi connectivity index (χ1v) is 7.89. The molecule has 1 aliphatic rings. The molecule has 1 aromatic rings. The maximum absolute atomic E-state index is 12.3. The average molecular weight is 281 g/mol. The molecule has 19 heavy (non-hydrogen) atoms. The zero-order valence-corrected chi connectivity index (χ0v) is 11.9. The largest absolute Gasteiger partial charge is 0.313 e. The lowest BCUT2D eigenvalue weighted by molar-refractivity contribution is 0.435. The Balaban J connectivity index is 2.14. The number of aromatic nitrogens is 1. The van der Waals surface area contributed by atoms with E-state index in [0.717, 1.165) is 18.5 Å². The molecule has 0 saturated carbocycles. The molecular formula is C13H19N3O2S. The highest BCUT2D eigenvalue weighted by Crippen LogP contribution is 2.16. The summed E-state index contributed by atoms with van der Waals surface area (Å²) >= 11 is 0. The Bertz CT molecular complexity index is 538. The lowest BCUT2D eigenvalue weighted by Crippen LogP contribution is -2.34. The topological polar surface area (TPSA) is 62.3 Å². The van der Waals surface area contributed by atoms with E-state index in [1.807, 2.05) is 25.1 Å². The fraction of sp³-hybridized carbons (Fsp3) is 0.462. The van der Waals surface area contributed by atoms with Crippen LogP contribution in [0.3, 0.4) is 0 Å². The van der Waals surface area contributed by atoms with Crippen molar-refractivity contribution >= 4 is 10.0 Å². The number of sulfonamides is 1. The predicted molar refractivity (Wildman–Crippen MR) is 74.1 cm³/mol. The van der Waals surface area contributed by atoms with E-state index in [9.17, 15) is 8.42 Å². The van der Waals surface area contributed by atoms with Crippen molar-refractivity contribution in [2.45, 2.75) is 24.9 Å². The molecule has 0 spiro atoms. The lowest BCUT2D eigenvalue weighted by Gasteiger charge is -2.22. The molecule has 104 valence electrons. The summed E-state index contributed by atoms with van der Waals surface area (Å²) in [6, 6.07) is 3.39. The minimum atomic E-state index is -3.45. The molecule has 6 heteroatoms. The Kier molecular flexibility index (Phi) is 4.68. The van der Waals surface area contributed by atoms with Crippen molar-refractivity contribution in [2.24, 2.45) is 0 Å². The number of pyridine rings is 1. The predicted octanol–water partition coefficient (Wildman–Crippen LogP) is 1.14. The average Bonchev–Trinajstić information content (AvgIpc) is 2.46. The van der Waals surface area contributed by atoms with E-state index in [4.69, 9.17) is 0 Å². The van der Waals surface area contributed by atoms with E-state index >= 15 is 0 Å². The highest BCUT2D eigenvalue weighted by molar-refractivity contribution is 7.89. The van der Waals surface area contributed by atoms with Crippen molar-refractivity contribution < 1.29 is 8.42 Å². The summed E-state index contributed by atoms with van der Waals surface area (Å²) in [5.41, 5.74) is 0.985. The van der Waals surface area contributed by atoms with E-state index in [1.165, 1.54) is 4.31 Å². The van der Waals surface area contributed by atoms with E-state index in [1.54, 1.807) is 12.3 Å². The summed E-state index contributed by atoms with van der Waals surface area (Å²) in [6.07, 6.45) is 6.26. The monoisotopic (exact) mass is 281 g/mol. The summed E-state index contributed by atoms with van der Waals surface area (Å²) in [6.45, 7) is 4.56. The molecule has 0 amide bonds. The highest BCUT2D eigenvalue weighted by atomic mass is 32.2. The van der Waals surface area contributed by atoms with Gasteiger partial charge in [0.1, 0.15) is 0 Å². The second-order valence-electron chi connectivity index (χ2n) is 4.41. The van der Waals surface area contributed by atoms with Crippen LogP contribution in [0.25, 0.3) is 0 Å². The fourth-order valence-electron chi connectivity index (χ4n) is 1.91. The van der Waals surface area contributed by atoms with Gasteiger partial charge in [-0.25, -0.2) is 13.4 Å². The van der Waals surface area contributed by atoms with Crippen LogP contribution >= 0.6 is 0 Å². The van der Waals surface area contributed by atoms with Crippen molar-refractivity contribution in [3.8, 4) is 0 Å². The molecule has 1 aliphatic heterocycles. The van der Waals surface area contributed by atoms with Gasteiger partial charge in [-0.15, -0.1) is 0 Å². The number of nitrogens with one attached hydrogen (secondary N) is 1. The SMILES string of the molecule is CCNCc1ccc(S(=O)(=O)N2CC=CCC2)nc1. The standard InChI is InChI=1S/C13H19N3O2S/c1-2-14-10-12-6-7-13(15-11-12)19(17,18)16-8-4-3-5-9-16/h3-4,6-7,11,14H,2,5,8-10H2,1H3. The molecule has 0 fully saturated rings. The molecule has 0 unspecified atom stereocenters. The van der Waals surface area contributed by atoms with Gasteiger partial charge in [0, 0.05) is 25.8 Å². The van der Waals surface area contributed by atoms with Crippen LogP contribution in [0.2, 0.25) is 0 Å². The van der Waals surface area contributed by atoms with Crippen LogP contribution in [-0.2, 0) is 16.6 Å². The zero-order chi connectivity index (χ0) is 13.7. The van der Waals surface area contributed by atoms with Gasteiger partial charge in [-0.2, -0.15) is 4.31 Å². The first-order valence-electron chi connectivity index (χ1n) is 6.45. The molecule has 2 rings (SSSR count). The van der Waals surface area contributed by atoms with Gasteiger partial charge in [-0.05, 0) is 24.6 Å². The van der Waals surface area contributed by atoms with Crippen LogP contribution in [-0.4, -0.2) is 37.3 Å². The molecule has 0 saturated heterocycles. The third-order valence-electron chi connectivity index (χ3n) is 3.00. The molecule has 5 nitrogen and oxygen atoms in total. The van der Waals surface area contributed by atoms with Crippen LogP contribution in [0.15, 0.2) is 35.5 Å². The van der Waals surface area contributed by atoms with Gasteiger partial charge in [0.25, 0.3) is 10.0 Å². The van der Waals surface area contributed by atoms with Crippen molar-refractivity contribution in [1.82, 2.24) is 14.6 Å². The first-order chi connectivity index (χ1) is 9.14. The van der Waals surface area contributed by atoms with E-state index in [2.05, 4.69) is 10.3 Å². The fourth-order valence-corrected chi connectivity index (χ4v) is 3.23. The Morgan fingerprint density at radius 2 is 2.21 bits per heavy atom. The molecule has 2 heterocycles. The maximum Gasteiger partial charge on any atom is 0.260 e. The van der Waals surface area contributed by atoms with Gasteiger partial charge in [0.2, 0.25) is 0 Å². The van der Waals surface area contributed by atoms with Crippen LogP contribution < -0.4 is 5.32 Å². The van der Waals surface area contributed by atoms with Crippen molar-refractivity contribution in [2.75, 3.05) is 19.6 Å². The molecule has 0 radical (unpaired) electrons. The highest BCUT2D eigenvalue weighted by Gasteiger charge is 2.25. The second-order valence-corrected chi connectivity index (χ2v) is 6.29. The minimum Gasteiger partial charge on any atom is -0.313 e. The molecule has 0 aromatic carbocycles. The van der Waals surface area contributed by atoms with Crippen LogP contribution in [0.4, 0.5) is 0 Å². The number of nitrogens with zero attached hydrogens (tertiary/aromatic N) is 2. The Labute approximate surface area is 114 Å². The lowest BCUT2D eigenvalue weighted by atomic mass is 10.3. The molecule has 1 aromatic heterocycles. The van der Waals surface area contributed by atoms with Crippen molar-refractivity contribution in [3.05, 3.63) is 36.0 Å². The summed E-state index contributed by atoms with van der Waals surface area (Å²) in [5, 5.41) is 3.30. The van der Waals surface area contributed by atoms with E-state index in [0.29, 0.717) is 19.6 Å². The van der Waals surface area contributed by atoms with Crippen LogP contribution in [0.5, 0.6) is 0 Å². The molecule has 1 N–H and O–H groups in total. The quantitative estimate of drug-likeness (QED) is 0.822. The second kappa shape index (κ2) is 6.27. The zero-order valence-electron chi connectivity index (χ0n) is 11.0. The normalized spacial score (nSPS) is 16.7. The van der Waals surface area contributed by atoms with E-state index < -0.39 is 10.0 Å². The van der Waals surface area contributed by atoms with Gasteiger partial charge in [-0.3, -0.25) is 0 Å². The summed E-state index contributed by atoms with van der Waals surface area (Å²) in [4.78, 5) is 4.08. The summed E-state index contributed by atoms with van der Waals surface area (Å²) in [7, 11) is -3.45. The Hall–Kier alpha value is -1.24. The summed E-state index contributed by atoms with van der Waals surface area (Å²) in [5.74, 6) is 0. The summed E-state index contributed by atoms with van der Waals surface area (Å²) < 4.78 is 26.1.